The summed E-state index contributed by atoms with van der Waals surface area (Å²) >= 11 is 1.73. The highest BCUT2D eigenvalue weighted by molar-refractivity contribution is 7.10. The van der Waals surface area contributed by atoms with Crippen molar-refractivity contribution in [3.05, 3.63) is 46.2 Å². The molecule has 6 heteroatoms. The van der Waals surface area contributed by atoms with Crippen LogP contribution >= 0.6 is 11.3 Å². The number of hydrogen-bond donors (Lipinski definition) is 0. The Labute approximate surface area is 125 Å². The van der Waals surface area contributed by atoms with Gasteiger partial charge in [0, 0.05) is 11.4 Å². The van der Waals surface area contributed by atoms with Crippen LogP contribution in [0.15, 0.2) is 35.7 Å². The van der Waals surface area contributed by atoms with Crippen molar-refractivity contribution < 1.29 is 4.79 Å². The summed E-state index contributed by atoms with van der Waals surface area (Å²) in [6.07, 6.45) is 0.947. The van der Waals surface area contributed by atoms with Gasteiger partial charge in [-0.15, -0.1) is 16.4 Å². The zero-order valence-corrected chi connectivity index (χ0v) is 12.2. The Bertz CT molecular complexity index is 807. The molecular formula is C15H14N4OS. The molecule has 0 aliphatic carbocycles. The van der Waals surface area contributed by atoms with Crippen molar-refractivity contribution in [2.75, 3.05) is 6.54 Å². The molecule has 3 aromatic rings. The highest BCUT2D eigenvalue weighted by Crippen LogP contribution is 2.24. The third-order valence-corrected chi connectivity index (χ3v) is 4.83. The standard InChI is InChI=1S/C15H14N4OS/c20-15(18-7-5-11-6-8-21-14(11)9-18)10-19-13-4-2-1-3-12(13)16-17-19/h1-4,6,8H,5,7,9-10H2. The fourth-order valence-corrected chi connectivity index (χ4v) is 3.66. The number of benzene rings is 1. The van der Waals surface area contributed by atoms with Gasteiger partial charge in [0.1, 0.15) is 12.1 Å². The summed E-state index contributed by atoms with van der Waals surface area (Å²) in [6.45, 7) is 1.76. The first-order chi connectivity index (χ1) is 10.3. The molecule has 0 saturated carbocycles. The van der Waals surface area contributed by atoms with Gasteiger partial charge in [-0.05, 0) is 35.6 Å². The lowest BCUT2D eigenvalue weighted by molar-refractivity contribution is -0.132. The van der Waals surface area contributed by atoms with Crippen LogP contribution in [0.4, 0.5) is 0 Å². The first-order valence-corrected chi connectivity index (χ1v) is 7.80. The van der Waals surface area contributed by atoms with Crippen LogP contribution in [0.3, 0.4) is 0 Å². The average Bonchev–Trinajstić information content (AvgIpc) is 3.13. The van der Waals surface area contributed by atoms with Crippen molar-refractivity contribution >= 4 is 28.3 Å². The molecule has 0 unspecified atom stereocenters. The highest BCUT2D eigenvalue weighted by Gasteiger charge is 2.22. The second kappa shape index (κ2) is 4.96. The normalized spacial score (nSPS) is 14.4. The zero-order valence-electron chi connectivity index (χ0n) is 11.4. The molecule has 1 aliphatic rings. The average molecular weight is 298 g/mol. The number of para-hydroxylation sites is 1. The molecule has 0 fully saturated rings. The van der Waals surface area contributed by atoms with Crippen LogP contribution in [0.5, 0.6) is 0 Å². The van der Waals surface area contributed by atoms with Gasteiger partial charge in [-0.25, -0.2) is 4.68 Å². The molecular weight excluding hydrogens is 284 g/mol. The van der Waals surface area contributed by atoms with Crippen LogP contribution < -0.4 is 0 Å². The minimum absolute atomic E-state index is 0.102. The molecule has 2 aromatic heterocycles. The molecule has 1 amide bonds. The van der Waals surface area contributed by atoms with E-state index in [-0.39, 0.29) is 12.5 Å². The monoisotopic (exact) mass is 298 g/mol. The maximum atomic E-state index is 12.5. The van der Waals surface area contributed by atoms with Gasteiger partial charge in [0.25, 0.3) is 0 Å². The summed E-state index contributed by atoms with van der Waals surface area (Å²) in [4.78, 5) is 15.7. The topological polar surface area (TPSA) is 51.0 Å². The Kier molecular flexibility index (Phi) is 2.96. The predicted octanol–water partition coefficient (Wildman–Crippen LogP) is 2.08. The number of fused-ring (bicyclic) bond motifs is 2. The molecule has 0 N–H and O–H groups in total. The maximum absolute atomic E-state index is 12.5. The lowest BCUT2D eigenvalue weighted by atomic mass is 10.1. The quantitative estimate of drug-likeness (QED) is 0.728. The van der Waals surface area contributed by atoms with E-state index in [2.05, 4.69) is 21.8 Å². The van der Waals surface area contributed by atoms with E-state index in [4.69, 9.17) is 0 Å². The van der Waals surface area contributed by atoms with Gasteiger partial charge in [-0.2, -0.15) is 0 Å². The summed E-state index contributed by atoms with van der Waals surface area (Å²) in [7, 11) is 0. The van der Waals surface area contributed by atoms with Gasteiger partial charge in [0.15, 0.2) is 0 Å². The second-order valence-electron chi connectivity index (χ2n) is 5.17. The molecule has 0 atom stereocenters. The number of nitrogens with zero attached hydrogens (tertiary/aromatic N) is 4. The van der Waals surface area contributed by atoms with Gasteiger partial charge >= 0.3 is 0 Å². The summed E-state index contributed by atoms with van der Waals surface area (Å²) in [5.74, 6) is 0.102. The van der Waals surface area contributed by atoms with Crippen LogP contribution in [-0.2, 0) is 24.3 Å². The van der Waals surface area contributed by atoms with Gasteiger partial charge in [0.05, 0.1) is 12.1 Å². The van der Waals surface area contributed by atoms with E-state index in [9.17, 15) is 4.79 Å². The molecule has 0 bridgehead atoms. The Morgan fingerprint density at radius 3 is 3.14 bits per heavy atom. The number of carbonyl (C=O) groups excluding carboxylic acids is 1. The molecule has 1 aromatic carbocycles. The van der Waals surface area contributed by atoms with Crippen LogP contribution in [-0.4, -0.2) is 32.3 Å². The lowest BCUT2D eigenvalue weighted by Gasteiger charge is -2.26. The van der Waals surface area contributed by atoms with Crippen LogP contribution in [0.25, 0.3) is 11.0 Å². The van der Waals surface area contributed by atoms with E-state index < -0.39 is 0 Å². The van der Waals surface area contributed by atoms with E-state index in [1.165, 1.54) is 10.4 Å². The van der Waals surface area contributed by atoms with Gasteiger partial charge in [0.2, 0.25) is 5.91 Å². The zero-order chi connectivity index (χ0) is 14.2. The second-order valence-corrected chi connectivity index (χ2v) is 6.17. The molecule has 3 heterocycles. The fraction of sp³-hybridized carbons (Fsp3) is 0.267. The first-order valence-electron chi connectivity index (χ1n) is 6.92. The summed E-state index contributed by atoms with van der Waals surface area (Å²) in [5, 5.41) is 10.3. The maximum Gasteiger partial charge on any atom is 0.244 e. The minimum Gasteiger partial charge on any atom is -0.336 e. The largest absolute Gasteiger partial charge is 0.336 e. The van der Waals surface area contributed by atoms with Crippen molar-refractivity contribution in [1.29, 1.82) is 0 Å². The number of aromatic nitrogens is 3. The molecule has 4 rings (SSSR count). The molecule has 0 saturated heterocycles. The van der Waals surface area contributed by atoms with Gasteiger partial charge < -0.3 is 4.90 Å². The van der Waals surface area contributed by atoms with Crippen molar-refractivity contribution in [3.8, 4) is 0 Å². The molecule has 5 nitrogen and oxygen atoms in total. The molecule has 21 heavy (non-hydrogen) atoms. The van der Waals surface area contributed by atoms with E-state index in [0.717, 1.165) is 30.5 Å². The number of thiophene rings is 1. The SMILES string of the molecule is O=C(Cn1nnc2ccccc21)N1CCc2ccsc2C1. The summed E-state index contributed by atoms with van der Waals surface area (Å²) in [6, 6.07) is 9.86. The summed E-state index contributed by atoms with van der Waals surface area (Å²) in [5.41, 5.74) is 3.11. The molecule has 1 aliphatic heterocycles. The number of amides is 1. The van der Waals surface area contributed by atoms with Crippen LogP contribution in [0.1, 0.15) is 10.4 Å². The first kappa shape index (κ1) is 12.5. The Morgan fingerprint density at radius 2 is 2.19 bits per heavy atom. The molecule has 106 valence electrons. The number of hydrogen-bond acceptors (Lipinski definition) is 4. The van der Waals surface area contributed by atoms with Crippen molar-refractivity contribution in [2.45, 2.75) is 19.5 Å². The minimum atomic E-state index is 0.102. The van der Waals surface area contributed by atoms with E-state index in [0.29, 0.717) is 0 Å². The summed E-state index contributed by atoms with van der Waals surface area (Å²) < 4.78 is 1.68. The molecule has 0 radical (unpaired) electrons. The smallest absolute Gasteiger partial charge is 0.244 e. The number of rotatable bonds is 2. The van der Waals surface area contributed by atoms with E-state index >= 15 is 0 Å². The van der Waals surface area contributed by atoms with Crippen molar-refractivity contribution in [3.63, 3.8) is 0 Å². The highest BCUT2D eigenvalue weighted by atomic mass is 32.1. The fourth-order valence-electron chi connectivity index (χ4n) is 2.71. The number of carbonyl (C=O) groups is 1. The van der Waals surface area contributed by atoms with Crippen molar-refractivity contribution in [1.82, 2.24) is 19.9 Å². The Hall–Kier alpha value is -2.21. The third kappa shape index (κ3) is 2.21. The lowest BCUT2D eigenvalue weighted by Crippen LogP contribution is -2.37. The third-order valence-electron chi connectivity index (χ3n) is 3.88. The van der Waals surface area contributed by atoms with Crippen LogP contribution in [0, 0.1) is 0 Å². The van der Waals surface area contributed by atoms with Crippen molar-refractivity contribution in [2.24, 2.45) is 0 Å². The predicted molar refractivity (Wildman–Crippen MR) is 81.0 cm³/mol. The Morgan fingerprint density at radius 1 is 1.29 bits per heavy atom. The van der Waals surface area contributed by atoms with E-state index in [1.54, 1.807) is 16.0 Å². The van der Waals surface area contributed by atoms with Gasteiger partial charge in [-0.1, -0.05) is 17.3 Å². The van der Waals surface area contributed by atoms with Gasteiger partial charge in [-0.3, -0.25) is 4.79 Å². The molecule has 0 spiro atoms. The van der Waals surface area contributed by atoms with E-state index in [1.807, 2.05) is 29.2 Å². The Balaban J connectivity index is 1.54. The van der Waals surface area contributed by atoms with Crippen LogP contribution in [0.2, 0.25) is 0 Å².